The molecule has 1 saturated heterocycles. The number of carbonyl (C=O) groups is 1. The average Bonchev–Trinajstić information content (AvgIpc) is 3.17. The van der Waals surface area contributed by atoms with E-state index in [0.29, 0.717) is 16.6 Å². The lowest BCUT2D eigenvalue weighted by Crippen LogP contribution is -2.67. The van der Waals surface area contributed by atoms with Gasteiger partial charge >= 0.3 is 0 Å². The lowest BCUT2D eigenvalue weighted by Gasteiger charge is -2.55. The summed E-state index contributed by atoms with van der Waals surface area (Å²) >= 11 is 5.90. The number of hydrogen-bond donors (Lipinski definition) is 3. The molecule has 3 N–H and O–H groups in total. The molecule has 162 valence electrons. The number of aromatic nitrogens is 1. The lowest BCUT2D eigenvalue weighted by molar-refractivity contribution is 0.0441. The number of halogens is 2. The van der Waals surface area contributed by atoms with Gasteiger partial charge in [-0.15, -0.1) is 0 Å². The van der Waals surface area contributed by atoms with Crippen molar-refractivity contribution in [1.82, 2.24) is 15.6 Å². The Balaban J connectivity index is 1.38. The normalized spacial score (nSPS) is 25.6. The zero-order valence-corrected chi connectivity index (χ0v) is 18.2. The molecule has 0 atom stereocenters. The summed E-state index contributed by atoms with van der Waals surface area (Å²) in [5.41, 5.74) is 1.32. The lowest BCUT2D eigenvalue weighted by atomic mass is 9.66. The van der Waals surface area contributed by atoms with E-state index >= 15 is 0 Å². The molecule has 0 unspecified atom stereocenters. The molecular weight excluding hydrogens is 401 g/mol. The fourth-order valence-corrected chi connectivity index (χ4v) is 6.59. The van der Waals surface area contributed by atoms with Crippen molar-refractivity contribution in [3.8, 4) is 0 Å². The van der Waals surface area contributed by atoms with Crippen LogP contribution in [0.4, 0.5) is 4.39 Å². The largest absolute Gasteiger partial charge is 0.350 e. The maximum atomic E-state index is 14.3. The van der Waals surface area contributed by atoms with Crippen molar-refractivity contribution in [3.63, 3.8) is 0 Å². The molecular formula is C24H31ClFN3O. The second-order valence-electron chi connectivity index (χ2n) is 9.89. The van der Waals surface area contributed by atoms with Crippen LogP contribution in [0.15, 0.2) is 18.2 Å². The van der Waals surface area contributed by atoms with E-state index < -0.39 is 5.82 Å². The standard InChI is InChI=1S/C24H31ClFN3O/c25-18-7-8-19-17(21(18)26)13-20(28-19)22(30)27-16-14-23(9-3-1-4-10-23)29-24(15-16)11-5-2-6-12-24/h7-8,13,16,28-29H,1-6,9-12,14-15H2,(H,27,30). The summed E-state index contributed by atoms with van der Waals surface area (Å²) in [6.07, 6.45) is 14.5. The van der Waals surface area contributed by atoms with E-state index in [2.05, 4.69) is 15.6 Å². The molecule has 2 spiro atoms. The van der Waals surface area contributed by atoms with Gasteiger partial charge in [-0.2, -0.15) is 0 Å². The van der Waals surface area contributed by atoms with E-state index in [4.69, 9.17) is 11.6 Å². The Kier molecular flexibility index (Phi) is 5.30. The van der Waals surface area contributed by atoms with Crippen LogP contribution in [-0.2, 0) is 0 Å². The number of piperidine rings is 1. The van der Waals surface area contributed by atoms with Gasteiger partial charge in [0, 0.05) is 28.0 Å². The highest BCUT2D eigenvalue weighted by Gasteiger charge is 2.48. The van der Waals surface area contributed by atoms with E-state index in [1.165, 1.54) is 70.3 Å². The van der Waals surface area contributed by atoms with Crippen molar-refractivity contribution in [1.29, 1.82) is 0 Å². The van der Waals surface area contributed by atoms with Crippen LogP contribution in [0.3, 0.4) is 0 Å². The number of benzene rings is 1. The molecule has 4 nitrogen and oxygen atoms in total. The molecule has 3 aliphatic rings. The molecule has 1 aromatic carbocycles. The fourth-order valence-electron chi connectivity index (χ4n) is 6.42. The van der Waals surface area contributed by atoms with Gasteiger partial charge in [-0.25, -0.2) is 4.39 Å². The van der Waals surface area contributed by atoms with E-state index in [-0.39, 0.29) is 28.0 Å². The Morgan fingerprint density at radius 1 is 1.00 bits per heavy atom. The summed E-state index contributed by atoms with van der Waals surface area (Å²) in [7, 11) is 0. The zero-order valence-electron chi connectivity index (χ0n) is 17.5. The first kappa shape index (κ1) is 20.3. The number of fused-ring (bicyclic) bond motifs is 1. The van der Waals surface area contributed by atoms with Gasteiger partial charge in [-0.05, 0) is 56.7 Å². The third-order valence-corrected chi connectivity index (χ3v) is 7.99. The van der Waals surface area contributed by atoms with Crippen LogP contribution < -0.4 is 10.6 Å². The zero-order chi connectivity index (χ0) is 20.8. The topological polar surface area (TPSA) is 56.9 Å². The first-order chi connectivity index (χ1) is 14.5. The Morgan fingerprint density at radius 3 is 2.20 bits per heavy atom. The Labute approximate surface area is 182 Å². The second kappa shape index (κ2) is 7.83. The maximum absolute atomic E-state index is 14.3. The smallest absolute Gasteiger partial charge is 0.267 e. The number of hydrogen-bond acceptors (Lipinski definition) is 2. The van der Waals surface area contributed by atoms with Crippen LogP contribution in [0.1, 0.15) is 87.5 Å². The molecule has 2 heterocycles. The molecule has 1 aliphatic heterocycles. The van der Waals surface area contributed by atoms with Crippen molar-refractivity contribution in [2.45, 2.75) is 94.2 Å². The molecule has 5 rings (SSSR count). The van der Waals surface area contributed by atoms with Crippen molar-refractivity contribution >= 4 is 28.4 Å². The average molecular weight is 432 g/mol. The Hall–Kier alpha value is -1.59. The van der Waals surface area contributed by atoms with E-state index in [0.717, 1.165) is 12.8 Å². The molecule has 0 bridgehead atoms. The Morgan fingerprint density at radius 2 is 1.60 bits per heavy atom. The second-order valence-corrected chi connectivity index (χ2v) is 10.3. The molecule has 2 aromatic rings. The highest BCUT2D eigenvalue weighted by Crippen LogP contribution is 2.44. The first-order valence-corrected chi connectivity index (χ1v) is 11.9. The van der Waals surface area contributed by atoms with E-state index in [1.54, 1.807) is 12.1 Å². The van der Waals surface area contributed by atoms with Crippen molar-refractivity contribution in [2.75, 3.05) is 0 Å². The van der Waals surface area contributed by atoms with Gasteiger partial charge in [0.15, 0.2) is 5.82 Å². The quantitative estimate of drug-likeness (QED) is 0.558. The number of carbonyl (C=O) groups excluding carboxylic acids is 1. The molecule has 3 fully saturated rings. The number of rotatable bonds is 2. The molecule has 1 amide bonds. The predicted molar refractivity (Wildman–Crippen MR) is 119 cm³/mol. The third kappa shape index (κ3) is 3.75. The molecule has 1 aromatic heterocycles. The van der Waals surface area contributed by atoms with Gasteiger partial charge in [0.05, 0.1) is 5.02 Å². The summed E-state index contributed by atoms with van der Waals surface area (Å²) < 4.78 is 14.3. The third-order valence-electron chi connectivity index (χ3n) is 7.70. The van der Waals surface area contributed by atoms with Crippen LogP contribution in [-0.4, -0.2) is 28.0 Å². The van der Waals surface area contributed by atoms with Gasteiger partial charge in [-0.1, -0.05) is 50.1 Å². The number of H-pyrrole nitrogens is 1. The number of aromatic amines is 1. The Bertz CT molecular complexity index is 917. The summed E-state index contributed by atoms with van der Waals surface area (Å²) in [4.78, 5) is 16.2. The fraction of sp³-hybridized carbons (Fsp3) is 0.625. The minimum Gasteiger partial charge on any atom is -0.350 e. The first-order valence-electron chi connectivity index (χ1n) is 11.5. The molecule has 6 heteroatoms. The van der Waals surface area contributed by atoms with Gasteiger partial charge in [0.2, 0.25) is 0 Å². The maximum Gasteiger partial charge on any atom is 0.267 e. The van der Waals surface area contributed by atoms with Crippen LogP contribution in [0.2, 0.25) is 5.02 Å². The van der Waals surface area contributed by atoms with Gasteiger partial charge in [0.25, 0.3) is 5.91 Å². The van der Waals surface area contributed by atoms with Gasteiger partial charge in [-0.3, -0.25) is 4.79 Å². The number of nitrogens with one attached hydrogen (secondary N) is 3. The summed E-state index contributed by atoms with van der Waals surface area (Å²) in [5.74, 6) is -0.626. The molecule has 2 aliphatic carbocycles. The van der Waals surface area contributed by atoms with E-state index in [1.807, 2.05) is 0 Å². The molecule has 0 radical (unpaired) electrons. The summed E-state index contributed by atoms with van der Waals surface area (Å²) in [6, 6.07) is 4.97. The highest BCUT2D eigenvalue weighted by molar-refractivity contribution is 6.31. The van der Waals surface area contributed by atoms with Gasteiger partial charge < -0.3 is 15.6 Å². The predicted octanol–water partition coefficient (Wildman–Crippen LogP) is 5.85. The van der Waals surface area contributed by atoms with Crippen molar-refractivity contribution in [2.24, 2.45) is 0 Å². The van der Waals surface area contributed by atoms with E-state index in [9.17, 15) is 9.18 Å². The minimum atomic E-state index is -0.478. The molecule has 30 heavy (non-hydrogen) atoms. The summed E-state index contributed by atoms with van der Waals surface area (Å²) in [6.45, 7) is 0. The monoisotopic (exact) mass is 431 g/mol. The highest BCUT2D eigenvalue weighted by atomic mass is 35.5. The SMILES string of the molecule is O=C(NC1CC2(CCCCC2)NC2(CCCCC2)C1)c1cc2c(F)c(Cl)ccc2[nH]1. The van der Waals surface area contributed by atoms with Crippen molar-refractivity contribution < 1.29 is 9.18 Å². The van der Waals surface area contributed by atoms with Gasteiger partial charge in [0.1, 0.15) is 5.69 Å². The molecule has 2 saturated carbocycles. The number of amides is 1. The minimum absolute atomic E-state index is 0.0743. The van der Waals surface area contributed by atoms with Crippen molar-refractivity contribution in [3.05, 3.63) is 34.7 Å². The van der Waals surface area contributed by atoms with Crippen LogP contribution in [0.25, 0.3) is 10.9 Å². The van der Waals surface area contributed by atoms with Crippen LogP contribution in [0, 0.1) is 5.82 Å². The van der Waals surface area contributed by atoms with Crippen LogP contribution in [0.5, 0.6) is 0 Å². The summed E-state index contributed by atoms with van der Waals surface area (Å²) in [5, 5.41) is 7.89. The van der Waals surface area contributed by atoms with Crippen LogP contribution >= 0.6 is 11.6 Å².